The summed E-state index contributed by atoms with van der Waals surface area (Å²) in [4.78, 5) is 11.8. The fraction of sp³-hybridized carbons (Fsp3) is 0.650. The van der Waals surface area contributed by atoms with Crippen LogP contribution >= 0.6 is 0 Å². The Kier molecular flexibility index (Phi) is 4.62. The number of benzene rings is 1. The smallest absolute Gasteiger partial charge is 0.335 e. The van der Waals surface area contributed by atoms with Gasteiger partial charge in [0.15, 0.2) is 0 Å². The predicted octanol–water partition coefficient (Wildman–Crippen LogP) is 4.81. The first kappa shape index (κ1) is 18.9. The Hall–Kier alpha value is -1.39. The van der Waals surface area contributed by atoms with E-state index >= 15 is 0 Å². The number of carboxylic acid groups (broad SMARTS) is 1. The Labute approximate surface area is 145 Å². The molecule has 24 heavy (non-hydrogen) atoms. The lowest BCUT2D eigenvalue weighted by Crippen LogP contribution is -2.58. The van der Waals surface area contributed by atoms with E-state index in [1.165, 1.54) is 5.06 Å². The molecule has 2 N–H and O–H groups in total. The second kappa shape index (κ2) is 5.85. The van der Waals surface area contributed by atoms with Crippen molar-refractivity contribution in [3.05, 3.63) is 34.9 Å². The molecule has 0 aliphatic carbocycles. The van der Waals surface area contributed by atoms with Crippen molar-refractivity contribution < 1.29 is 15.1 Å². The van der Waals surface area contributed by atoms with Crippen LogP contribution in [0.25, 0.3) is 0 Å². The maximum absolute atomic E-state index is 11.8. The summed E-state index contributed by atoms with van der Waals surface area (Å²) in [5, 5.41) is 21.6. The highest BCUT2D eigenvalue weighted by atomic mass is 16.5. The topological polar surface area (TPSA) is 60.8 Å². The van der Waals surface area contributed by atoms with Gasteiger partial charge in [-0.1, -0.05) is 32.9 Å². The normalized spacial score (nSPS) is 21.7. The summed E-state index contributed by atoms with van der Waals surface area (Å²) < 4.78 is 0. The molecule has 2 rings (SSSR count). The molecule has 0 radical (unpaired) electrons. The van der Waals surface area contributed by atoms with Gasteiger partial charge in [0, 0.05) is 11.1 Å². The van der Waals surface area contributed by atoms with Crippen molar-refractivity contribution in [3.8, 4) is 0 Å². The van der Waals surface area contributed by atoms with Gasteiger partial charge < -0.3 is 10.3 Å². The van der Waals surface area contributed by atoms with Crippen LogP contribution in [0.3, 0.4) is 0 Å². The third kappa shape index (κ3) is 3.50. The first-order valence-corrected chi connectivity index (χ1v) is 8.63. The van der Waals surface area contributed by atoms with Crippen LogP contribution in [0, 0.1) is 0 Å². The second-order valence-electron chi connectivity index (χ2n) is 9.40. The van der Waals surface area contributed by atoms with Crippen molar-refractivity contribution in [1.29, 1.82) is 0 Å². The van der Waals surface area contributed by atoms with Gasteiger partial charge in [-0.2, -0.15) is 5.06 Å². The summed E-state index contributed by atoms with van der Waals surface area (Å²) in [5.41, 5.74) is 1.58. The molecule has 0 saturated carbocycles. The number of hydrogen-bond donors (Lipinski definition) is 2. The number of nitrogens with zero attached hydrogens (tertiary/aromatic N) is 1. The van der Waals surface area contributed by atoms with Gasteiger partial charge >= 0.3 is 5.97 Å². The van der Waals surface area contributed by atoms with Crippen molar-refractivity contribution in [1.82, 2.24) is 5.06 Å². The van der Waals surface area contributed by atoms with E-state index in [9.17, 15) is 15.1 Å². The Bertz CT molecular complexity index is 623. The van der Waals surface area contributed by atoms with Gasteiger partial charge in [-0.15, -0.1) is 0 Å². The summed E-state index contributed by atoms with van der Waals surface area (Å²) in [6.45, 7) is 14.4. The Morgan fingerprint density at radius 3 is 2.04 bits per heavy atom. The van der Waals surface area contributed by atoms with E-state index in [0.717, 1.165) is 24.0 Å². The number of piperidine rings is 1. The highest BCUT2D eigenvalue weighted by Gasteiger charge is 2.46. The predicted molar refractivity (Wildman–Crippen MR) is 95.9 cm³/mol. The fourth-order valence-corrected chi connectivity index (χ4v) is 4.05. The summed E-state index contributed by atoms with van der Waals surface area (Å²) >= 11 is 0. The molecule has 4 nitrogen and oxygen atoms in total. The zero-order valence-corrected chi connectivity index (χ0v) is 16.0. The first-order valence-electron chi connectivity index (χ1n) is 8.63. The minimum atomic E-state index is -0.882. The second-order valence-corrected chi connectivity index (χ2v) is 9.40. The molecule has 1 fully saturated rings. The van der Waals surface area contributed by atoms with E-state index in [4.69, 9.17) is 0 Å². The minimum Gasteiger partial charge on any atom is -0.478 e. The van der Waals surface area contributed by atoms with Gasteiger partial charge in [-0.25, -0.2) is 4.79 Å². The van der Waals surface area contributed by atoms with Crippen molar-refractivity contribution in [2.75, 3.05) is 0 Å². The molecule has 1 aliphatic heterocycles. The molecule has 0 bridgehead atoms. The lowest BCUT2D eigenvalue weighted by Gasteiger charge is -2.51. The molecular formula is C20H31NO3. The summed E-state index contributed by atoms with van der Waals surface area (Å²) in [7, 11) is 0. The van der Waals surface area contributed by atoms with Crippen molar-refractivity contribution in [2.45, 2.75) is 83.7 Å². The van der Waals surface area contributed by atoms with E-state index in [-0.39, 0.29) is 11.3 Å². The Morgan fingerprint density at radius 2 is 1.62 bits per heavy atom. The number of hydrogen-bond acceptors (Lipinski definition) is 3. The Morgan fingerprint density at radius 1 is 1.12 bits per heavy atom. The van der Waals surface area contributed by atoms with Gasteiger partial charge in [-0.3, -0.25) is 0 Å². The standard InChI is InChI=1S/C20H31NO3/c1-18(2,3)14-8-9-15(17(22)23)16(10-14)13-11-19(4,5)21(24)20(6,7)12-13/h8-10,13,24H,11-12H2,1-7H3,(H,22,23). The maximum Gasteiger partial charge on any atom is 0.335 e. The van der Waals surface area contributed by atoms with Crippen LogP contribution in [0.2, 0.25) is 0 Å². The lowest BCUT2D eigenvalue weighted by molar-refractivity contribution is -0.245. The molecule has 4 heteroatoms. The summed E-state index contributed by atoms with van der Waals surface area (Å²) in [6, 6.07) is 5.72. The molecular weight excluding hydrogens is 302 g/mol. The number of hydroxylamine groups is 2. The van der Waals surface area contributed by atoms with Crippen LogP contribution in [-0.2, 0) is 5.41 Å². The number of aromatic carboxylic acids is 1. The zero-order chi connectivity index (χ0) is 18.5. The zero-order valence-electron chi connectivity index (χ0n) is 16.0. The van der Waals surface area contributed by atoms with Crippen LogP contribution < -0.4 is 0 Å². The average molecular weight is 333 g/mol. The third-order valence-electron chi connectivity index (χ3n) is 5.23. The highest BCUT2D eigenvalue weighted by molar-refractivity contribution is 5.89. The molecule has 1 heterocycles. The lowest BCUT2D eigenvalue weighted by atomic mass is 9.71. The molecule has 0 aromatic heterocycles. The highest BCUT2D eigenvalue weighted by Crippen LogP contribution is 2.45. The van der Waals surface area contributed by atoms with E-state index < -0.39 is 17.0 Å². The van der Waals surface area contributed by atoms with Gasteiger partial charge in [0.2, 0.25) is 0 Å². The first-order chi connectivity index (χ1) is 10.8. The molecule has 0 amide bonds. The van der Waals surface area contributed by atoms with Crippen molar-refractivity contribution >= 4 is 5.97 Å². The third-order valence-corrected chi connectivity index (χ3v) is 5.23. The molecule has 1 saturated heterocycles. The molecule has 0 unspecified atom stereocenters. The van der Waals surface area contributed by atoms with E-state index in [0.29, 0.717) is 5.56 Å². The molecule has 1 aromatic carbocycles. The van der Waals surface area contributed by atoms with Crippen LogP contribution in [0.4, 0.5) is 0 Å². The van der Waals surface area contributed by atoms with Gasteiger partial charge in [0.05, 0.1) is 5.56 Å². The largest absolute Gasteiger partial charge is 0.478 e. The van der Waals surface area contributed by atoms with Crippen molar-refractivity contribution in [3.63, 3.8) is 0 Å². The summed E-state index contributed by atoms with van der Waals surface area (Å²) in [6.07, 6.45) is 1.45. The number of carboxylic acids is 1. The van der Waals surface area contributed by atoms with E-state index in [2.05, 4.69) is 26.8 Å². The quantitative estimate of drug-likeness (QED) is 0.815. The van der Waals surface area contributed by atoms with Gasteiger partial charge in [0.1, 0.15) is 0 Å². The Balaban J connectivity index is 2.55. The molecule has 1 aliphatic rings. The minimum absolute atomic E-state index is 0.0332. The van der Waals surface area contributed by atoms with E-state index in [1.54, 1.807) is 6.07 Å². The van der Waals surface area contributed by atoms with Crippen LogP contribution in [0.5, 0.6) is 0 Å². The number of rotatable bonds is 2. The monoisotopic (exact) mass is 333 g/mol. The fourth-order valence-electron chi connectivity index (χ4n) is 4.05. The van der Waals surface area contributed by atoms with E-state index in [1.807, 2.05) is 33.8 Å². The molecule has 134 valence electrons. The van der Waals surface area contributed by atoms with Gasteiger partial charge in [-0.05, 0) is 69.1 Å². The van der Waals surface area contributed by atoms with Gasteiger partial charge in [0.25, 0.3) is 0 Å². The van der Waals surface area contributed by atoms with Crippen LogP contribution in [0.1, 0.15) is 88.7 Å². The molecule has 0 spiro atoms. The van der Waals surface area contributed by atoms with Crippen LogP contribution in [0.15, 0.2) is 18.2 Å². The molecule has 1 aromatic rings. The molecule has 0 atom stereocenters. The summed E-state index contributed by atoms with van der Waals surface area (Å²) in [5.74, 6) is -0.778. The maximum atomic E-state index is 11.8. The van der Waals surface area contributed by atoms with Crippen LogP contribution in [-0.4, -0.2) is 32.4 Å². The van der Waals surface area contributed by atoms with Crippen molar-refractivity contribution in [2.24, 2.45) is 0 Å². The average Bonchev–Trinajstić information content (AvgIpc) is 2.42. The SMILES string of the molecule is CC(C)(C)c1ccc(C(=O)O)c(C2CC(C)(C)N(O)C(C)(C)C2)c1. The number of carbonyl (C=O) groups is 1.